The Balaban J connectivity index is 0.000000335. The molecule has 0 saturated carbocycles. The number of hydrogen-bond donors (Lipinski definition) is 3. The number of imide groups is 2. The molecule has 3 rings (SSSR count). The fraction of sp³-hybridized carbons (Fsp3) is 0.278. The van der Waals surface area contributed by atoms with Gasteiger partial charge in [-0.05, 0) is 31.2 Å². The lowest BCUT2D eigenvalue weighted by molar-refractivity contribution is -0.176. The van der Waals surface area contributed by atoms with Gasteiger partial charge in [0.1, 0.15) is 11.3 Å². The highest BCUT2D eigenvalue weighted by Crippen LogP contribution is 2.38. The van der Waals surface area contributed by atoms with Crippen LogP contribution in [0.2, 0.25) is 0 Å². The van der Waals surface area contributed by atoms with Gasteiger partial charge >= 0.3 is 23.6 Å². The number of anilines is 1. The third-order valence-corrected chi connectivity index (χ3v) is 4.19. The van der Waals surface area contributed by atoms with Gasteiger partial charge in [0.15, 0.2) is 0 Å². The molecule has 0 atom stereocenters. The van der Waals surface area contributed by atoms with Gasteiger partial charge in [-0.3, -0.25) is 19.4 Å². The summed E-state index contributed by atoms with van der Waals surface area (Å²) in [5.74, 6) is -6.16. The van der Waals surface area contributed by atoms with Gasteiger partial charge in [0.05, 0.1) is 6.61 Å². The van der Waals surface area contributed by atoms with E-state index in [1.807, 2.05) is 0 Å². The summed E-state index contributed by atoms with van der Waals surface area (Å²) in [5, 5.41) is 18.4. The van der Waals surface area contributed by atoms with Crippen molar-refractivity contribution in [2.45, 2.75) is 12.5 Å². The number of ether oxygens (including phenoxy) is 2. The van der Waals surface area contributed by atoms with Crippen molar-refractivity contribution < 1.29 is 43.7 Å². The number of carbonyl (C=O) groups excluding carboxylic acids is 5. The molecule has 4 amide bonds. The fourth-order valence-corrected chi connectivity index (χ4v) is 2.69. The van der Waals surface area contributed by atoms with E-state index in [0.29, 0.717) is 15.5 Å². The van der Waals surface area contributed by atoms with Crippen LogP contribution in [0.4, 0.5) is 10.5 Å². The van der Waals surface area contributed by atoms with E-state index >= 15 is 0 Å². The molecule has 12 nitrogen and oxygen atoms in total. The number of likely N-dealkylation sites (N-methyl/N-ethyl adjacent to an activating group) is 2. The Hall–Kier alpha value is -4.09. The molecular weight excluding hydrogens is 402 g/mol. The maximum atomic E-state index is 12.4. The summed E-state index contributed by atoms with van der Waals surface area (Å²) >= 11 is 0. The number of phenols is 1. The first kappa shape index (κ1) is 22.2. The second-order valence-corrected chi connectivity index (χ2v) is 6.12. The number of amides is 4. The second kappa shape index (κ2) is 8.11. The molecule has 0 unspecified atom stereocenters. The molecule has 2 aliphatic rings. The highest BCUT2D eigenvalue weighted by molar-refractivity contribution is 6.30. The lowest BCUT2D eigenvalue weighted by Crippen LogP contribution is -2.68. The number of hydrogen-bond acceptors (Lipinski definition) is 10. The zero-order valence-electron chi connectivity index (χ0n) is 16.2. The Bertz CT molecular complexity index is 907. The van der Waals surface area contributed by atoms with E-state index in [-0.39, 0.29) is 12.4 Å². The minimum Gasteiger partial charge on any atom is -0.508 e. The number of aromatic hydroxyl groups is 1. The summed E-state index contributed by atoms with van der Waals surface area (Å²) < 4.78 is 9.35. The van der Waals surface area contributed by atoms with Crippen molar-refractivity contribution in [3.05, 3.63) is 35.6 Å². The average Bonchev–Trinajstić information content (AvgIpc) is 2.98. The van der Waals surface area contributed by atoms with Crippen molar-refractivity contribution in [1.29, 1.82) is 0 Å². The number of esters is 2. The van der Waals surface area contributed by atoms with E-state index in [9.17, 15) is 29.1 Å². The number of nitrogens with two attached hydrogens (primary N) is 1. The SMILES string of the molecule is CCOC(=O)C1=C(O)C(=O)OC12C(=O)N(C)C(=O)N(C)C2=O.Nc1ccc(O)cc1. The van der Waals surface area contributed by atoms with Crippen LogP contribution in [0.3, 0.4) is 0 Å². The number of aliphatic hydroxyl groups excluding tert-OH is 1. The predicted octanol–water partition coefficient (Wildman–Crippen LogP) is -0.318. The monoisotopic (exact) mass is 421 g/mol. The molecule has 1 spiro atoms. The van der Waals surface area contributed by atoms with Gasteiger partial charge in [-0.25, -0.2) is 14.4 Å². The standard InChI is InChI=1S/C12H12N2O8.C6H7NO/c1-4-21-7(16)5-6(15)8(17)22-12(5)9(18)13(2)11(20)14(3)10(12)19;7-5-1-3-6(8)4-2-5/h15H,4H2,1-3H3;1-4,8H,7H2. The maximum absolute atomic E-state index is 12.4. The van der Waals surface area contributed by atoms with E-state index in [0.717, 1.165) is 14.1 Å². The number of urea groups is 1. The maximum Gasteiger partial charge on any atom is 0.376 e. The molecule has 1 aromatic carbocycles. The molecule has 30 heavy (non-hydrogen) atoms. The molecule has 0 aliphatic carbocycles. The van der Waals surface area contributed by atoms with E-state index in [2.05, 4.69) is 4.74 Å². The Labute approximate surface area is 170 Å². The van der Waals surface area contributed by atoms with Gasteiger partial charge in [-0.1, -0.05) is 0 Å². The van der Waals surface area contributed by atoms with Crippen molar-refractivity contribution in [1.82, 2.24) is 9.80 Å². The first-order valence-electron chi connectivity index (χ1n) is 8.47. The number of carbonyl (C=O) groups is 5. The Morgan fingerprint density at radius 3 is 2.00 bits per heavy atom. The van der Waals surface area contributed by atoms with E-state index in [1.54, 1.807) is 24.3 Å². The third-order valence-electron chi connectivity index (χ3n) is 4.19. The number of aliphatic hydroxyl groups is 1. The molecule has 1 aromatic rings. The fourth-order valence-electron chi connectivity index (χ4n) is 2.69. The number of rotatable bonds is 2. The van der Waals surface area contributed by atoms with Crippen LogP contribution in [-0.2, 0) is 28.7 Å². The van der Waals surface area contributed by atoms with E-state index in [4.69, 9.17) is 15.6 Å². The quantitative estimate of drug-likeness (QED) is 0.248. The van der Waals surface area contributed by atoms with Crippen molar-refractivity contribution in [3.8, 4) is 5.75 Å². The van der Waals surface area contributed by atoms with Crippen LogP contribution in [0, 0.1) is 0 Å². The topological polar surface area (TPSA) is 177 Å². The highest BCUT2D eigenvalue weighted by Gasteiger charge is 2.68. The van der Waals surface area contributed by atoms with Crippen molar-refractivity contribution in [2.75, 3.05) is 26.4 Å². The molecule has 0 radical (unpaired) electrons. The predicted molar refractivity (Wildman–Crippen MR) is 98.6 cm³/mol. The zero-order valence-corrected chi connectivity index (χ0v) is 16.2. The molecule has 0 bridgehead atoms. The second-order valence-electron chi connectivity index (χ2n) is 6.12. The van der Waals surface area contributed by atoms with Crippen LogP contribution >= 0.6 is 0 Å². The Kier molecular flexibility index (Phi) is 6.00. The number of barbiturate groups is 1. The van der Waals surface area contributed by atoms with Crippen molar-refractivity contribution >= 4 is 35.5 Å². The normalized spacial score (nSPS) is 17.7. The van der Waals surface area contributed by atoms with Gasteiger partial charge in [-0.2, -0.15) is 0 Å². The Morgan fingerprint density at radius 2 is 1.57 bits per heavy atom. The van der Waals surface area contributed by atoms with Crippen LogP contribution in [0.15, 0.2) is 35.6 Å². The molecule has 12 heteroatoms. The van der Waals surface area contributed by atoms with Crippen molar-refractivity contribution in [3.63, 3.8) is 0 Å². The van der Waals surface area contributed by atoms with Gasteiger partial charge < -0.3 is 25.4 Å². The van der Waals surface area contributed by atoms with Crippen LogP contribution in [-0.4, -0.2) is 76.1 Å². The van der Waals surface area contributed by atoms with Crippen LogP contribution in [0.1, 0.15) is 6.92 Å². The van der Waals surface area contributed by atoms with Gasteiger partial charge in [0, 0.05) is 19.8 Å². The lowest BCUT2D eigenvalue weighted by Gasteiger charge is -2.38. The number of benzene rings is 1. The van der Waals surface area contributed by atoms with Crippen molar-refractivity contribution in [2.24, 2.45) is 0 Å². The number of nitrogen functional groups attached to an aromatic ring is 1. The first-order valence-corrected chi connectivity index (χ1v) is 8.47. The summed E-state index contributed by atoms with van der Waals surface area (Å²) in [4.78, 5) is 61.0. The molecular formula is C18H19N3O9. The molecule has 1 saturated heterocycles. The van der Waals surface area contributed by atoms with Gasteiger partial charge in [0.2, 0.25) is 5.76 Å². The van der Waals surface area contributed by atoms with Crippen LogP contribution in [0.5, 0.6) is 5.75 Å². The van der Waals surface area contributed by atoms with E-state index < -0.39 is 46.7 Å². The number of nitrogens with zero attached hydrogens (tertiary/aromatic N) is 2. The van der Waals surface area contributed by atoms with Gasteiger partial charge in [-0.15, -0.1) is 0 Å². The largest absolute Gasteiger partial charge is 0.508 e. The molecule has 1 fully saturated rings. The molecule has 2 heterocycles. The molecule has 0 aromatic heterocycles. The number of phenolic OH excluding ortho intramolecular Hbond substituents is 1. The minimum absolute atomic E-state index is 0.132. The highest BCUT2D eigenvalue weighted by atomic mass is 16.6. The summed E-state index contributed by atoms with van der Waals surface area (Å²) in [6, 6.07) is 5.43. The first-order chi connectivity index (χ1) is 14.0. The average molecular weight is 421 g/mol. The van der Waals surface area contributed by atoms with Crippen LogP contribution in [0.25, 0.3) is 0 Å². The molecule has 2 aliphatic heterocycles. The summed E-state index contributed by atoms with van der Waals surface area (Å²) in [6.45, 7) is 1.32. The molecule has 4 N–H and O–H groups in total. The lowest BCUT2D eigenvalue weighted by atomic mass is 9.89. The third kappa shape index (κ3) is 3.50. The Morgan fingerprint density at radius 1 is 1.07 bits per heavy atom. The summed E-state index contributed by atoms with van der Waals surface area (Å²) in [5.41, 5.74) is 2.31. The van der Waals surface area contributed by atoms with E-state index in [1.165, 1.54) is 6.92 Å². The summed E-state index contributed by atoms with van der Waals surface area (Å²) in [7, 11) is 2.09. The summed E-state index contributed by atoms with van der Waals surface area (Å²) in [6.07, 6.45) is 0. The smallest absolute Gasteiger partial charge is 0.376 e. The zero-order chi connectivity index (χ0) is 22.8. The van der Waals surface area contributed by atoms with Crippen LogP contribution < -0.4 is 5.73 Å². The molecule has 160 valence electrons. The van der Waals surface area contributed by atoms with Gasteiger partial charge in [0.25, 0.3) is 11.8 Å². The minimum atomic E-state index is -2.75.